The largest absolute Gasteiger partial charge is 0.477 e. The fourth-order valence-corrected chi connectivity index (χ4v) is 2.59. The van der Waals surface area contributed by atoms with Crippen LogP contribution in [0, 0.1) is 6.07 Å². The van der Waals surface area contributed by atoms with E-state index in [0.717, 1.165) is 6.92 Å². The van der Waals surface area contributed by atoms with E-state index in [1.165, 1.54) is 16.8 Å². The summed E-state index contributed by atoms with van der Waals surface area (Å²) in [6.45, 7) is 0.814. The number of para-hydroxylation sites is 1. The fourth-order valence-electron chi connectivity index (χ4n) is 2.59. The molecule has 2 aromatic heterocycles. The van der Waals surface area contributed by atoms with Crippen LogP contribution in [0.5, 0.6) is 0 Å². The minimum atomic E-state index is -3.09. The predicted octanol–water partition coefficient (Wildman–Crippen LogP) is 4.62. The van der Waals surface area contributed by atoms with Crippen molar-refractivity contribution in [3.8, 4) is 17.1 Å². The maximum Gasteiger partial charge on any atom is 0.354 e. The number of alkyl halides is 2. The Morgan fingerprint density at radius 3 is 2.19 bits per heavy atom. The molecule has 0 aliphatic carbocycles. The number of pyridine rings is 1. The summed E-state index contributed by atoms with van der Waals surface area (Å²) in [4.78, 5) is 13.7. The van der Waals surface area contributed by atoms with E-state index in [9.17, 15) is 13.6 Å². The number of aromatic nitrogens is 4. The molecule has 0 fully saturated rings. The molecule has 6 nitrogen and oxygen atoms in total. The minimum Gasteiger partial charge on any atom is -0.477 e. The van der Waals surface area contributed by atoms with Crippen LogP contribution < -0.4 is 0 Å². The molecule has 4 rings (SSSR count). The molecule has 2 heterocycles. The molecule has 2 aromatic carbocycles. The molecule has 0 bridgehead atoms. The molecule has 31 heavy (non-hydrogen) atoms. The molecular weight excluding hydrogens is 582 g/mol. The van der Waals surface area contributed by atoms with Crippen LogP contribution in [0.2, 0.25) is 0 Å². The van der Waals surface area contributed by atoms with Crippen LogP contribution in [0.1, 0.15) is 23.2 Å². The molecular formula is C22H17F2IrN4O2-. The first kappa shape index (κ1) is 24.0. The number of benzene rings is 2. The monoisotopic (exact) mass is 600 g/mol. The van der Waals surface area contributed by atoms with E-state index < -0.39 is 11.9 Å². The predicted molar refractivity (Wildman–Crippen MR) is 106 cm³/mol. The number of halogens is 2. The Morgan fingerprint density at radius 2 is 1.68 bits per heavy atom. The number of carbonyl (C=O) groups is 1. The van der Waals surface area contributed by atoms with Crippen LogP contribution in [0.4, 0.5) is 8.78 Å². The first-order valence-corrected chi connectivity index (χ1v) is 8.88. The second kappa shape index (κ2) is 10.7. The second-order valence-corrected chi connectivity index (χ2v) is 6.20. The van der Waals surface area contributed by atoms with Crippen molar-refractivity contribution in [3.05, 3.63) is 96.6 Å². The van der Waals surface area contributed by atoms with Gasteiger partial charge in [0.1, 0.15) is 5.69 Å². The van der Waals surface area contributed by atoms with Gasteiger partial charge in [0.15, 0.2) is 5.82 Å². The number of hydrogen-bond donors (Lipinski definition) is 1. The van der Waals surface area contributed by atoms with E-state index in [1.54, 1.807) is 54.6 Å². The van der Waals surface area contributed by atoms with Gasteiger partial charge in [-0.05, 0) is 24.3 Å². The van der Waals surface area contributed by atoms with Crippen molar-refractivity contribution in [2.75, 3.05) is 0 Å². The average Bonchev–Trinajstić information content (AvgIpc) is 3.22. The average molecular weight is 600 g/mol. The molecule has 0 atom stereocenters. The van der Waals surface area contributed by atoms with Crippen molar-refractivity contribution in [3.63, 3.8) is 0 Å². The molecule has 1 radical (unpaired) electrons. The molecule has 9 heteroatoms. The van der Waals surface area contributed by atoms with Gasteiger partial charge in [-0.3, -0.25) is 0 Å². The molecule has 0 unspecified atom stereocenters. The summed E-state index contributed by atoms with van der Waals surface area (Å²) in [5, 5.41) is 15.9. The quantitative estimate of drug-likeness (QED) is 0.347. The molecule has 4 aromatic rings. The molecule has 0 spiro atoms. The summed E-state index contributed by atoms with van der Waals surface area (Å²) in [5.41, 5.74) is 1.29. The maximum absolute atomic E-state index is 13.8. The SMILES string of the molecule is CC(F)(F)c1nnc(-c2[c-]cccc2)n1-c1ccccc1.O=C(O)c1ccccn1.[Ir]. The third kappa shape index (κ3) is 6.10. The number of carboxylic acids is 1. The Kier molecular flexibility index (Phi) is 8.24. The number of aromatic carboxylic acids is 1. The minimum absolute atomic E-state index is 0. The zero-order chi connectivity index (χ0) is 21.6. The number of carboxylic acid groups (broad SMARTS) is 1. The van der Waals surface area contributed by atoms with Crippen LogP contribution in [0.3, 0.4) is 0 Å². The van der Waals surface area contributed by atoms with Gasteiger partial charge in [0.2, 0.25) is 0 Å². The van der Waals surface area contributed by atoms with E-state index >= 15 is 0 Å². The molecule has 1 N–H and O–H groups in total. The van der Waals surface area contributed by atoms with Crippen LogP contribution in [-0.2, 0) is 26.0 Å². The maximum atomic E-state index is 13.8. The van der Waals surface area contributed by atoms with Crippen LogP contribution >= 0.6 is 0 Å². The summed E-state index contributed by atoms with van der Waals surface area (Å²) in [6, 6.07) is 23.7. The second-order valence-electron chi connectivity index (χ2n) is 6.20. The Bertz CT molecular complexity index is 1100. The third-order valence-corrected chi connectivity index (χ3v) is 3.90. The third-order valence-electron chi connectivity index (χ3n) is 3.90. The first-order valence-electron chi connectivity index (χ1n) is 8.88. The number of rotatable bonds is 4. The Balaban J connectivity index is 0.000000289. The van der Waals surface area contributed by atoms with Crippen molar-refractivity contribution < 1.29 is 38.8 Å². The van der Waals surface area contributed by atoms with Crippen LogP contribution in [0.15, 0.2) is 79.0 Å². The Hall–Kier alpha value is -3.29. The van der Waals surface area contributed by atoms with E-state index in [-0.39, 0.29) is 31.6 Å². The summed E-state index contributed by atoms with van der Waals surface area (Å²) < 4.78 is 29.0. The van der Waals surface area contributed by atoms with Crippen molar-refractivity contribution in [2.24, 2.45) is 0 Å². The zero-order valence-corrected chi connectivity index (χ0v) is 18.6. The van der Waals surface area contributed by atoms with E-state index in [1.807, 2.05) is 12.1 Å². The fraction of sp³-hybridized carbons (Fsp3) is 0.0909. The Labute approximate surface area is 191 Å². The molecule has 0 saturated heterocycles. The normalized spacial score (nSPS) is 10.4. The van der Waals surface area contributed by atoms with Crippen molar-refractivity contribution in [1.82, 2.24) is 19.7 Å². The van der Waals surface area contributed by atoms with Gasteiger partial charge >= 0.3 is 11.9 Å². The van der Waals surface area contributed by atoms with Crippen molar-refractivity contribution >= 4 is 5.97 Å². The van der Waals surface area contributed by atoms with Crippen molar-refractivity contribution in [2.45, 2.75) is 12.8 Å². The summed E-state index contributed by atoms with van der Waals surface area (Å²) in [6.07, 6.45) is 1.45. The topological polar surface area (TPSA) is 80.9 Å². The van der Waals surface area contributed by atoms with Gasteiger partial charge in [0, 0.05) is 38.9 Å². The standard InChI is InChI=1S/C16H12F2N3.C6H5NO2.Ir/c1-16(17,18)15-20-19-14(12-8-4-2-5-9-12)21(15)13-10-6-3-7-11-13;8-6(9)5-3-1-2-4-7-5;/h2-8,10-11H,1H3;1-4H,(H,8,9);/q-1;;. The summed E-state index contributed by atoms with van der Waals surface area (Å²) in [7, 11) is 0. The van der Waals surface area contributed by atoms with Gasteiger partial charge < -0.3 is 9.67 Å². The first-order chi connectivity index (χ1) is 14.4. The smallest absolute Gasteiger partial charge is 0.354 e. The molecule has 0 aliphatic heterocycles. The molecule has 0 saturated carbocycles. The summed E-state index contributed by atoms with van der Waals surface area (Å²) in [5.74, 6) is -4.12. The molecule has 0 amide bonds. The van der Waals surface area contributed by atoms with Gasteiger partial charge in [-0.15, -0.1) is 41.0 Å². The van der Waals surface area contributed by atoms with Gasteiger partial charge in [-0.25, -0.2) is 9.78 Å². The number of nitrogens with zero attached hydrogens (tertiary/aromatic N) is 4. The van der Waals surface area contributed by atoms with Gasteiger partial charge in [-0.2, -0.15) is 13.9 Å². The molecule has 161 valence electrons. The van der Waals surface area contributed by atoms with Crippen LogP contribution in [0.25, 0.3) is 17.1 Å². The van der Waals surface area contributed by atoms with E-state index in [2.05, 4.69) is 21.2 Å². The van der Waals surface area contributed by atoms with Gasteiger partial charge in [0.05, 0.1) is 5.82 Å². The summed E-state index contributed by atoms with van der Waals surface area (Å²) >= 11 is 0. The van der Waals surface area contributed by atoms with Gasteiger partial charge in [0.25, 0.3) is 0 Å². The Morgan fingerprint density at radius 1 is 1.00 bits per heavy atom. The molecule has 0 aliphatic rings. The zero-order valence-electron chi connectivity index (χ0n) is 16.2. The van der Waals surface area contributed by atoms with Crippen molar-refractivity contribution in [1.29, 1.82) is 0 Å². The van der Waals surface area contributed by atoms with E-state index in [4.69, 9.17) is 5.11 Å². The number of hydrogen-bond acceptors (Lipinski definition) is 4. The van der Waals surface area contributed by atoms with E-state index in [0.29, 0.717) is 17.1 Å². The van der Waals surface area contributed by atoms with Crippen LogP contribution in [-0.4, -0.2) is 30.8 Å². The van der Waals surface area contributed by atoms with Gasteiger partial charge in [-0.1, -0.05) is 24.3 Å².